The molecule has 1 amide bonds. The van der Waals surface area contributed by atoms with E-state index < -0.39 is 11.9 Å². The number of hydrogen-bond donors (Lipinski definition) is 0. The summed E-state index contributed by atoms with van der Waals surface area (Å²) in [5, 5.41) is 0. The van der Waals surface area contributed by atoms with Gasteiger partial charge in [0.1, 0.15) is 0 Å². The molecule has 1 rings (SSSR count). The molecule has 1 aliphatic rings. The molecular weight excluding hydrogens is 182 g/mol. The second kappa shape index (κ2) is 5.62. The second-order valence-electron chi connectivity index (χ2n) is 3.55. The van der Waals surface area contributed by atoms with Crippen molar-refractivity contribution in [3.63, 3.8) is 0 Å². The lowest BCUT2D eigenvalue weighted by Gasteiger charge is -2.23. The van der Waals surface area contributed by atoms with Crippen LogP contribution >= 0.6 is 0 Å². The summed E-state index contributed by atoms with van der Waals surface area (Å²) in [5.41, 5.74) is 0. The molecular formula is C10H17NO3. The fourth-order valence-corrected chi connectivity index (χ4v) is 1.67. The molecule has 0 N–H and O–H groups in total. The van der Waals surface area contributed by atoms with Gasteiger partial charge in [-0.25, -0.2) is 4.79 Å². The molecule has 0 aromatic carbocycles. The zero-order valence-corrected chi connectivity index (χ0v) is 8.62. The van der Waals surface area contributed by atoms with E-state index in [0.717, 1.165) is 25.7 Å². The van der Waals surface area contributed by atoms with Crippen molar-refractivity contribution in [2.45, 2.75) is 32.1 Å². The van der Waals surface area contributed by atoms with Crippen molar-refractivity contribution in [3.8, 4) is 0 Å². The highest BCUT2D eigenvalue weighted by Gasteiger charge is 2.22. The van der Waals surface area contributed by atoms with Crippen molar-refractivity contribution in [2.24, 2.45) is 0 Å². The van der Waals surface area contributed by atoms with E-state index in [4.69, 9.17) is 0 Å². The van der Waals surface area contributed by atoms with E-state index >= 15 is 0 Å². The molecule has 0 aliphatic carbocycles. The SMILES string of the molecule is COC(=O)C(=O)N1CCCCCCC1. The maximum Gasteiger partial charge on any atom is 0.396 e. The Morgan fingerprint density at radius 3 is 2.00 bits per heavy atom. The van der Waals surface area contributed by atoms with Crippen LogP contribution in [0.1, 0.15) is 32.1 Å². The summed E-state index contributed by atoms with van der Waals surface area (Å²) in [5.74, 6) is -1.24. The van der Waals surface area contributed by atoms with E-state index in [1.165, 1.54) is 13.5 Å². The molecule has 4 heteroatoms. The van der Waals surface area contributed by atoms with E-state index in [1.807, 2.05) is 0 Å². The second-order valence-corrected chi connectivity index (χ2v) is 3.55. The highest BCUT2D eigenvalue weighted by molar-refractivity contribution is 6.32. The average Bonchev–Trinajstić information content (AvgIpc) is 2.15. The van der Waals surface area contributed by atoms with Crippen LogP contribution < -0.4 is 0 Å². The summed E-state index contributed by atoms with van der Waals surface area (Å²) in [4.78, 5) is 24.0. The fourth-order valence-electron chi connectivity index (χ4n) is 1.67. The lowest BCUT2D eigenvalue weighted by Crippen LogP contribution is -2.39. The van der Waals surface area contributed by atoms with Crippen molar-refractivity contribution in [2.75, 3.05) is 20.2 Å². The Bertz CT molecular complexity index is 207. The quantitative estimate of drug-likeness (QED) is 0.431. The Morgan fingerprint density at radius 2 is 1.50 bits per heavy atom. The first kappa shape index (κ1) is 11.0. The van der Waals surface area contributed by atoms with Crippen LogP contribution in [0.3, 0.4) is 0 Å². The van der Waals surface area contributed by atoms with Gasteiger partial charge >= 0.3 is 11.9 Å². The molecule has 0 atom stereocenters. The van der Waals surface area contributed by atoms with Crippen molar-refractivity contribution >= 4 is 11.9 Å². The number of carbonyl (C=O) groups excluding carboxylic acids is 2. The Labute approximate surface area is 84.2 Å². The van der Waals surface area contributed by atoms with Gasteiger partial charge in [0.2, 0.25) is 0 Å². The van der Waals surface area contributed by atoms with Crippen molar-refractivity contribution in [3.05, 3.63) is 0 Å². The van der Waals surface area contributed by atoms with E-state index in [0.29, 0.717) is 13.1 Å². The molecule has 1 saturated heterocycles. The normalized spacial score (nSPS) is 18.2. The predicted octanol–water partition coefficient (Wildman–Crippen LogP) is 0.952. The summed E-state index contributed by atoms with van der Waals surface area (Å²) in [7, 11) is 1.24. The third kappa shape index (κ3) is 3.01. The number of amides is 1. The Kier molecular flexibility index (Phi) is 4.43. The fraction of sp³-hybridized carbons (Fsp3) is 0.800. The van der Waals surface area contributed by atoms with Crippen LogP contribution in [0.2, 0.25) is 0 Å². The van der Waals surface area contributed by atoms with Gasteiger partial charge in [0.15, 0.2) is 0 Å². The summed E-state index contributed by atoms with van der Waals surface area (Å²) in [6.45, 7) is 1.38. The molecule has 0 aromatic rings. The molecule has 0 spiro atoms. The van der Waals surface area contributed by atoms with Crippen LogP contribution in [0.15, 0.2) is 0 Å². The van der Waals surface area contributed by atoms with Crippen LogP contribution in [0.4, 0.5) is 0 Å². The summed E-state index contributed by atoms with van der Waals surface area (Å²) >= 11 is 0. The lowest BCUT2D eigenvalue weighted by atomic mass is 10.1. The van der Waals surface area contributed by atoms with Gasteiger partial charge in [-0.2, -0.15) is 0 Å². The number of ether oxygens (including phenoxy) is 1. The van der Waals surface area contributed by atoms with Gasteiger partial charge in [-0.3, -0.25) is 4.79 Å². The van der Waals surface area contributed by atoms with Gasteiger partial charge in [0.05, 0.1) is 7.11 Å². The minimum Gasteiger partial charge on any atom is -0.462 e. The first-order valence-corrected chi connectivity index (χ1v) is 5.13. The highest BCUT2D eigenvalue weighted by atomic mass is 16.5. The monoisotopic (exact) mass is 199 g/mol. The molecule has 0 saturated carbocycles. The number of methoxy groups -OCH3 is 1. The summed E-state index contributed by atoms with van der Waals surface area (Å²) in [6, 6.07) is 0. The van der Waals surface area contributed by atoms with Gasteiger partial charge in [-0.05, 0) is 12.8 Å². The third-order valence-corrected chi connectivity index (χ3v) is 2.50. The molecule has 0 aromatic heterocycles. The molecule has 14 heavy (non-hydrogen) atoms. The third-order valence-electron chi connectivity index (χ3n) is 2.50. The van der Waals surface area contributed by atoms with Crippen LogP contribution in [0, 0.1) is 0 Å². The molecule has 4 nitrogen and oxygen atoms in total. The first-order valence-electron chi connectivity index (χ1n) is 5.13. The maximum absolute atomic E-state index is 11.4. The Hall–Kier alpha value is -1.06. The van der Waals surface area contributed by atoms with Crippen LogP contribution in [-0.4, -0.2) is 37.0 Å². The van der Waals surface area contributed by atoms with Gasteiger partial charge in [0, 0.05) is 13.1 Å². The number of nitrogens with zero attached hydrogens (tertiary/aromatic N) is 1. The Balaban J connectivity index is 2.47. The van der Waals surface area contributed by atoms with E-state index in [2.05, 4.69) is 4.74 Å². The van der Waals surface area contributed by atoms with Crippen LogP contribution in [-0.2, 0) is 14.3 Å². The molecule has 0 radical (unpaired) electrons. The largest absolute Gasteiger partial charge is 0.462 e. The molecule has 1 fully saturated rings. The zero-order chi connectivity index (χ0) is 10.4. The lowest BCUT2D eigenvalue weighted by molar-refractivity contribution is -0.158. The minimum absolute atomic E-state index is 0.491. The van der Waals surface area contributed by atoms with Gasteiger partial charge in [0.25, 0.3) is 0 Å². The number of carbonyl (C=O) groups is 2. The Morgan fingerprint density at radius 1 is 1.00 bits per heavy atom. The van der Waals surface area contributed by atoms with Gasteiger partial charge in [-0.15, -0.1) is 0 Å². The van der Waals surface area contributed by atoms with Crippen molar-refractivity contribution in [1.29, 1.82) is 0 Å². The predicted molar refractivity (Wildman–Crippen MR) is 51.7 cm³/mol. The van der Waals surface area contributed by atoms with E-state index in [-0.39, 0.29) is 0 Å². The van der Waals surface area contributed by atoms with Gasteiger partial charge < -0.3 is 9.64 Å². The first-order chi connectivity index (χ1) is 6.75. The van der Waals surface area contributed by atoms with Crippen molar-refractivity contribution in [1.82, 2.24) is 4.90 Å². The maximum atomic E-state index is 11.4. The molecule has 1 heterocycles. The average molecular weight is 199 g/mol. The number of rotatable bonds is 0. The number of likely N-dealkylation sites (tertiary alicyclic amines) is 1. The van der Waals surface area contributed by atoms with E-state index in [9.17, 15) is 9.59 Å². The number of hydrogen-bond acceptors (Lipinski definition) is 3. The van der Waals surface area contributed by atoms with Crippen molar-refractivity contribution < 1.29 is 14.3 Å². The van der Waals surface area contributed by atoms with Crippen LogP contribution in [0.5, 0.6) is 0 Å². The topological polar surface area (TPSA) is 46.6 Å². The minimum atomic E-state index is -0.745. The summed E-state index contributed by atoms with van der Waals surface area (Å²) in [6.07, 6.45) is 5.50. The summed E-state index contributed by atoms with van der Waals surface area (Å²) < 4.78 is 4.41. The van der Waals surface area contributed by atoms with E-state index in [1.54, 1.807) is 4.90 Å². The van der Waals surface area contributed by atoms with Crippen LogP contribution in [0.25, 0.3) is 0 Å². The van der Waals surface area contributed by atoms with Gasteiger partial charge in [-0.1, -0.05) is 19.3 Å². The number of esters is 1. The molecule has 0 unspecified atom stereocenters. The zero-order valence-electron chi connectivity index (χ0n) is 8.62. The molecule has 0 bridgehead atoms. The smallest absolute Gasteiger partial charge is 0.396 e. The highest BCUT2D eigenvalue weighted by Crippen LogP contribution is 2.10. The molecule has 1 aliphatic heterocycles. The standard InChI is InChI=1S/C10H17NO3/c1-14-10(13)9(12)11-7-5-3-2-4-6-8-11/h2-8H2,1H3. The molecule has 80 valence electrons.